The van der Waals surface area contributed by atoms with Gasteiger partial charge in [0.15, 0.2) is 0 Å². The maximum Gasteiger partial charge on any atom is 0.254 e. The molecule has 0 bridgehead atoms. The number of nitrogens with one attached hydrogen (secondary N) is 1. The number of carbonyl (C=O) groups excluding carboxylic acids is 2. The summed E-state index contributed by atoms with van der Waals surface area (Å²) in [5.41, 5.74) is -0.0387. The van der Waals surface area contributed by atoms with Crippen molar-refractivity contribution in [1.82, 2.24) is 10.2 Å². The Morgan fingerprint density at radius 3 is 2.76 bits per heavy atom. The largest absolute Gasteiger partial charge is 0.378 e. The Morgan fingerprint density at radius 2 is 2.05 bits per heavy atom. The molecule has 1 aromatic rings. The Morgan fingerprint density at radius 1 is 1.33 bits per heavy atom. The van der Waals surface area contributed by atoms with Gasteiger partial charge in [-0.25, -0.2) is 4.39 Å². The van der Waals surface area contributed by atoms with Gasteiger partial charge in [0.2, 0.25) is 5.91 Å². The van der Waals surface area contributed by atoms with Gasteiger partial charge in [-0.1, -0.05) is 6.07 Å². The molecule has 0 spiro atoms. The topological polar surface area (TPSA) is 58.6 Å². The molecule has 0 saturated carbocycles. The van der Waals surface area contributed by atoms with Crippen LogP contribution in [0, 0.1) is 5.82 Å². The average molecular weight is 359 g/mol. The Hall–Kier alpha value is -1.47. The lowest BCUT2D eigenvalue weighted by atomic mass is 10.2. The average Bonchev–Trinajstić information content (AvgIpc) is 2.50. The van der Waals surface area contributed by atoms with Crippen molar-refractivity contribution >= 4 is 27.7 Å². The molecule has 0 aliphatic carbocycles. The predicted octanol–water partition coefficient (Wildman–Crippen LogP) is 1.57. The number of benzene rings is 1. The van der Waals surface area contributed by atoms with E-state index in [1.807, 2.05) is 0 Å². The first kappa shape index (κ1) is 15.9. The first-order chi connectivity index (χ1) is 10.1. The van der Waals surface area contributed by atoms with Crippen LogP contribution in [-0.4, -0.2) is 49.6 Å². The molecule has 1 aliphatic rings. The smallest absolute Gasteiger partial charge is 0.254 e. The van der Waals surface area contributed by atoms with E-state index in [4.69, 9.17) is 4.74 Å². The standard InChI is InChI=1S/C14H16BrFN2O3/c15-11-3-1-2-10(13(11)16)14(20)17-5-4-12(19)18-6-8-21-9-7-18/h1-3H,4-9H2,(H,17,20). The summed E-state index contributed by atoms with van der Waals surface area (Å²) in [4.78, 5) is 25.4. The second-order valence-corrected chi connectivity index (χ2v) is 5.45. The van der Waals surface area contributed by atoms with Crippen LogP contribution < -0.4 is 5.32 Å². The van der Waals surface area contributed by atoms with Gasteiger partial charge in [-0.3, -0.25) is 9.59 Å². The second kappa shape index (κ2) is 7.51. The first-order valence-corrected chi connectivity index (χ1v) is 7.46. The maximum atomic E-state index is 13.7. The zero-order valence-corrected chi connectivity index (χ0v) is 13.0. The van der Waals surface area contributed by atoms with Crippen LogP contribution >= 0.6 is 15.9 Å². The van der Waals surface area contributed by atoms with Gasteiger partial charge < -0.3 is 15.0 Å². The third-order valence-electron chi connectivity index (χ3n) is 3.18. The molecule has 1 aromatic carbocycles. The number of carbonyl (C=O) groups is 2. The van der Waals surface area contributed by atoms with E-state index >= 15 is 0 Å². The molecule has 1 N–H and O–H groups in total. The van der Waals surface area contributed by atoms with E-state index in [0.717, 1.165) is 0 Å². The van der Waals surface area contributed by atoms with E-state index < -0.39 is 11.7 Å². The second-order valence-electron chi connectivity index (χ2n) is 4.60. The summed E-state index contributed by atoms with van der Waals surface area (Å²) >= 11 is 3.03. The minimum atomic E-state index is -0.602. The normalized spacial score (nSPS) is 14.9. The summed E-state index contributed by atoms with van der Waals surface area (Å²) in [6, 6.07) is 4.51. The van der Waals surface area contributed by atoms with E-state index in [1.54, 1.807) is 11.0 Å². The van der Waals surface area contributed by atoms with Crippen LogP contribution in [0.25, 0.3) is 0 Å². The van der Waals surface area contributed by atoms with E-state index in [2.05, 4.69) is 21.2 Å². The molecular formula is C14H16BrFN2O3. The van der Waals surface area contributed by atoms with Crippen LogP contribution in [0.2, 0.25) is 0 Å². The monoisotopic (exact) mass is 358 g/mol. The number of nitrogens with zero attached hydrogens (tertiary/aromatic N) is 1. The van der Waals surface area contributed by atoms with Gasteiger partial charge in [-0.2, -0.15) is 0 Å². The minimum Gasteiger partial charge on any atom is -0.378 e. The molecule has 1 aliphatic heterocycles. The third-order valence-corrected chi connectivity index (χ3v) is 3.80. The number of ether oxygens (including phenoxy) is 1. The highest BCUT2D eigenvalue weighted by atomic mass is 79.9. The lowest BCUT2D eigenvalue weighted by molar-refractivity contribution is -0.135. The lowest BCUT2D eigenvalue weighted by Gasteiger charge is -2.26. The summed E-state index contributed by atoms with van der Waals surface area (Å²) in [5, 5.41) is 2.56. The summed E-state index contributed by atoms with van der Waals surface area (Å²) in [5.74, 6) is -1.16. The van der Waals surface area contributed by atoms with Gasteiger partial charge in [-0.15, -0.1) is 0 Å². The van der Waals surface area contributed by atoms with Gasteiger partial charge in [0.25, 0.3) is 5.91 Å². The van der Waals surface area contributed by atoms with Crippen LogP contribution in [0.15, 0.2) is 22.7 Å². The molecule has 2 amide bonds. The fourth-order valence-electron chi connectivity index (χ4n) is 2.03. The minimum absolute atomic E-state index is 0.0340. The highest BCUT2D eigenvalue weighted by Gasteiger charge is 2.17. The molecule has 0 radical (unpaired) electrons. The molecular weight excluding hydrogens is 343 g/mol. The quantitative estimate of drug-likeness (QED) is 0.888. The molecule has 0 unspecified atom stereocenters. The molecule has 1 saturated heterocycles. The van der Waals surface area contributed by atoms with Crippen LogP contribution in [-0.2, 0) is 9.53 Å². The number of amides is 2. The summed E-state index contributed by atoms with van der Waals surface area (Å²) in [7, 11) is 0. The van der Waals surface area contributed by atoms with Crippen molar-refractivity contribution in [1.29, 1.82) is 0 Å². The zero-order chi connectivity index (χ0) is 15.2. The number of hydrogen-bond acceptors (Lipinski definition) is 3. The molecule has 0 atom stereocenters. The molecule has 1 fully saturated rings. The zero-order valence-electron chi connectivity index (χ0n) is 11.4. The third kappa shape index (κ3) is 4.25. The number of hydrogen-bond donors (Lipinski definition) is 1. The molecule has 7 heteroatoms. The van der Waals surface area contributed by atoms with Crippen molar-refractivity contribution in [3.8, 4) is 0 Å². The number of morpholine rings is 1. The van der Waals surface area contributed by atoms with Gasteiger partial charge in [0.1, 0.15) is 5.82 Å². The summed E-state index contributed by atoms with van der Waals surface area (Å²) in [6.45, 7) is 2.42. The Bertz CT molecular complexity index is 533. The van der Waals surface area contributed by atoms with E-state index in [0.29, 0.717) is 26.3 Å². The van der Waals surface area contributed by atoms with Gasteiger partial charge in [-0.05, 0) is 28.1 Å². The predicted molar refractivity (Wildman–Crippen MR) is 78.4 cm³/mol. The molecule has 0 aromatic heterocycles. The van der Waals surface area contributed by atoms with Gasteiger partial charge in [0.05, 0.1) is 23.2 Å². The van der Waals surface area contributed by atoms with Crippen LogP contribution in [0.3, 0.4) is 0 Å². The fourth-order valence-corrected chi connectivity index (χ4v) is 2.39. The number of rotatable bonds is 4. The highest BCUT2D eigenvalue weighted by Crippen LogP contribution is 2.18. The lowest BCUT2D eigenvalue weighted by Crippen LogP contribution is -2.42. The van der Waals surface area contributed by atoms with Crippen molar-refractivity contribution in [3.63, 3.8) is 0 Å². The van der Waals surface area contributed by atoms with Gasteiger partial charge in [0, 0.05) is 26.1 Å². The van der Waals surface area contributed by atoms with Crippen LogP contribution in [0.5, 0.6) is 0 Å². The number of halogens is 2. The Labute approximate surface area is 130 Å². The fraction of sp³-hybridized carbons (Fsp3) is 0.429. The Balaban J connectivity index is 1.81. The van der Waals surface area contributed by atoms with E-state index in [9.17, 15) is 14.0 Å². The van der Waals surface area contributed by atoms with Crippen molar-refractivity contribution in [2.45, 2.75) is 6.42 Å². The summed E-state index contributed by atoms with van der Waals surface area (Å²) < 4.78 is 19.1. The van der Waals surface area contributed by atoms with Crippen LogP contribution in [0.4, 0.5) is 4.39 Å². The Kier molecular flexibility index (Phi) is 5.69. The van der Waals surface area contributed by atoms with Crippen LogP contribution in [0.1, 0.15) is 16.8 Å². The molecule has 1 heterocycles. The van der Waals surface area contributed by atoms with Crippen molar-refractivity contribution in [3.05, 3.63) is 34.1 Å². The van der Waals surface area contributed by atoms with Crippen molar-refractivity contribution < 1.29 is 18.7 Å². The molecule has 21 heavy (non-hydrogen) atoms. The molecule has 5 nitrogen and oxygen atoms in total. The maximum absolute atomic E-state index is 13.7. The van der Waals surface area contributed by atoms with E-state index in [1.165, 1.54) is 12.1 Å². The first-order valence-electron chi connectivity index (χ1n) is 6.67. The van der Waals surface area contributed by atoms with E-state index in [-0.39, 0.29) is 28.9 Å². The van der Waals surface area contributed by atoms with Crippen molar-refractivity contribution in [2.24, 2.45) is 0 Å². The SMILES string of the molecule is O=C(NCCC(=O)N1CCOCC1)c1cccc(Br)c1F. The summed E-state index contributed by atoms with van der Waals surface area (Å²) in [6.07, 6.45) is 0.196. The molecule has 114 valence electrons. The highest BCUT2D eigenvalue weighted by molar-refractivity contribution is 9.10. The molecule has 2 rings (SSSR count). The van der Waals surface area contributed by atoms with Gasteiger partial charge >= 0.3 is 0 Å². The van der Waals surface area contributed by atoms with Crippen molar-refractivity contribution in [2.75, 3.05) is 32.8 Å².